The van der Waals surface area contributed by atoms with Crippen molar-refractivity contribution in [1.82, 2.24) is 0 Å². The van der Waals surface area contributed by atoms with Gasteiger partial charge in [0.15, 0.2) is 0 Å². The van der Waals surface area contributed by atoms with E-state index in [-0.39, 0.29) is 5.41 Å². The molecule has 3 aromatic rings. The minimum Gasteiger partial charge on any atom is -0.493 e. The van der Waals surface area contributed by atoms with Gasteiger partial charge >= 0.3 is 6.18 Å². The summed E-state index contributed by atoms with van der Waals surface area (Å²) in [6.45, 7) is 4.51. The fourth-order valence-electron chi connectivity index (χ4n) is 4.44. The molecule has 0 saturated heterocycles. The fourth-order valence-corrected chi connectivity index (χ4v) is 4.44. The Morgan fingerprint density at radius 3 is 1.97 bits per heavy atom. The minimum atomic E-state index is -4.33. The highest BCUT2D eigenvalue weighted by atomic mass is 19.4. The van der Waals surface area contributed by atoms with Gasteiger partial charge in [-0.25, -0.2) is 0 Å². The minimum absolute atomic E-state index is 0.0604. The Hall–Kier alpha value is -3.01. The van der Waals surface area contributed by atoms with E-state index in [1.54, 1.807) is 0 Å². The Kier molecular flexibility index (Phi) is 5.65. The van der Waals surface area contributed by atoms with E-state index in [9.17, 15) is 13.2 Å². The zero-order valence-electron chi connectivity index (χ0n) is 17.7. The SMILES string of the molecule is Cc1cc(OCC2(c3ccccc3)CC=CC2)cc(C)c1-c1ccc(C(F)(F)F)cc1. The number of rotatable bonds is 5. The van der Waals surface area contributed by atoms with E-state index in [1.807, 2.05) is 32.0 Å². The lowest BCUT2D eigenvalue weighted by atomic mass is 9.79. The van der Waals surface area contributed by atoms with Crippen LogP contribution in [0.25, 0.3) is 11.1 Å². The van der Waals surface area contributed by atoms with Crippen LogP contribution in [0.4, 0.5) is 13.2 Å². The third kappa shape index (κ3) is 4.39. The van der Waals surface area contributed by atoms with E-state index < -0.39 is 11.7 Å². The van der Waals surface area contributed by atoms with Crippen molar-refractivity contribution < 1.29 is 17.9 Å². The molecule has 1 nitrogen and oxygen atoms in total. The molecule has 0 heterocycles. The van der Waals surface area contributed by atoms with Gasteiger partial charge in [-0.3, -0.25) is 0 Å². The van der Waals surface area contributed by atoms with Crippen LogP contribution in [0.3, 0.4) is 0 Å². The first kappa shape index (κ1) is 21.2. The van der Waals surface area contributed by atoms with Crippen molar-refractivity contribution in [2.45, 2.75) is 38.3 Å². The monoisotopic (exact) mass is 422 g/mol. The number of allylic oxidation sites excluding steroid dienone is 2. The van der Waals surface area contributed by atoms with Crippen LogP contribution >= 0.6 is 0 Å². The number of ether oxygens (including phenoxy) is 1. The number of hydrogen-bond acceptors (Lipinski definition) is 1. The summed E-state index contributed by atoms with van der Waals surface area (Å²) in [6.07, 6.45) is 1.97. The molecule has 3 aromatic carbocycles. The van der Waals surface area contributed by atoms with Crippen molar-refractivity contribution in [2.75, 3.05) is 6.61 Å². The molecule has 4 heteroatoms. The topological polar surface area (TPSA) is 9.23 Å². The lowest BCUT2D eigenvalue weighted by Crippen LogP contribution is -2.30. The van der Waals surface area contributed by atoms with E-state index in [2.05, 4.69) is 36.4 Å². The molecule has 0 amide bonds. The first-order valence-corrected chi connectivity index (χ1v) is 10.4. The standard InChI is InChI=1S/C27H25F3O/c1-19-16-24(31-18-26(14-6-7-15-26)22-8-4-3-5-9-22)17-20(2)25(19)21-10-12-23(13-11-21)27(28,29)30/h3-13,16-17H,14-15,18H2,1-2H3. The van der Waals surface area contributed by atoms with Crippen LogP contribution in [0.5, 0.6) is 5.75 Å². The normalized spacial score (nSPS) is 15.3. The summed E-state index contributed by atoms with van der Waals surface area (Å²) >= 11 is 0. The van der Waals surface area contributed by atoms with Crippen LogP contribution in [0.2, 0.25) is 0 Å². The lowest BCUT2D eigenvalue weighted by molar-refractivity contribution is -0.137. The third-order valence-electron chi connectivity index (χ3n) is 6.09. The molecule has 0 aromatic heterocycles. The van der Waals surface area contributed by atoms with Gasteiger partial charge in [0, 0.05) is 5.41 Å². The highest BCUT2D eigenvalue weighted by molar-refractivity contribution is 5.72. The van der Waals surface area contributed by atoms with E-state index in [4.69, 9.17) is 4.74 Å². The Labute approximate surface area is 181 Å². The maximum Gasteiger partial charge on any atom is 0.416 e. The molecule has 0 radical (unpaired) electrons. The first-order valence-electron chi connectivity index (χ1n) is 10.4. The summed E-state index contributed by atoms with van der Waals surface area (Å²) in [5.74, 6) is 0.785. The maximum atomic E-state index is 12.9. The Morgan fingerprint density at radius 1 is 0.839 bits per heavy atom. The first-order chi connectivity index (χ1) is 14.8. The molecular formula is C27H25F3O. The summed E-state index contributed by atoms with van der Waals surface area (Å²) in [6, 6.07) is 19.7. The average Bonchev–Trinajstić information content (AvgIpc) is 3.22. The molecule has 0 spiro atoms. The van der Waals surface area contributed by atoms with Crippen LogP contribution in [0.1, 0.15) is 35.1 Å². The van der Waals surface area contributed by atoms with Gasteiger partial charge < -0.3 is 4.74 Å². The van der Waals surface area contributed by atoms with Gasteiger partial charge in [0.1, 0.15) is 5.75 Å². The number of aryl methyl sites for hydroxylation is 2. The smallest absolute Gasteiger partial charge is 0.416 e. The van der Waals surface area contributed by atoms with Crippen molar-refractivity contribution in [3.8, 4) is 16.9 Å². The van der Waals surface area contributed by atoms with Crippen LogP contribution < -0.4 is 4.74 Å². The van der Waals surface area contributed by atoms with E-state index in [0.29, 0.717) is 6.61 Å². The third-order valence-corrected chi connectivity index (χ3v) is 6.09. The highest BCUT2D eigenvalue weighted by Crippen LogP contribution is 2.39. The van der Waals surface area contributed by atoms with Crippen LogP contribution in [0, 0.1) is 13.8 Å². The molecular weight excluding hydrogens is 397 g/mol. The molecule has 0 unspecified atom stereocenters. The van der Waals surface area contributed by atoms with Crippen molar-refractivity contribution in [3.05, 3.63) is 101 Å². The summed E-state index contributed by atoms with van der Waals surface area (Å²) < 4.78 is 44.9. The molecule has 160 valence electrons. The predicted octanol–water partition coefficient (Wildman–Crippen LogP) is 7.66. The van der Waals surface area contributed by atoms with Crippen LogP contribution in [-0.4, -0.2) is 6.61 Å². The predicted molar refractivity (Wildman–Crippen MR) is 118 cm³/mol. The Morgan fingerprint density at radius 2 is 1.42 bits per heavy atom. The van der Waals surface area contributed by atoms with Gasteiger partial charge in [0.05, 0.1) is 12.2 Å². The van der Waals surface area contributed by atoms with E-state index >= 15 is 0 Å². The second kappa shape index (κ2) is 8.26. The van der Waals surface area contributed by atoms with E-state index in [1.165, 1.54) is 17.7 Å². The van der Waals surface area contributed by atoms with Gasteiger partial charge in [-0.05, 0) is 78.8 Å². The second-order valence-corrected chi connectivity index (χ2v) is 8.32. The fraction of sp³-hybridized carbons (Fsp3) is 0.259. The number of halogens is 3. The summed E-state index contributed by atoms with van der Waals surface area (Å²) in [4.78, 5) is 0. The highest BCUT2D eigenvalue weighted by Gasteiger charge is 2.34. The van der Waals surface area contributed by atoms with Crippen molar-refractivity contribution in [1.29, 1.82) is 0 Å². The molecule has 0 fully saturated rings. The Balaban J connectivity index is 1.56. The number of alkyl halides is 3. The Bertz CT molecular complexity index is 1050. The van der Waals surface area contributed by atoms with Gasteiger partial charge in [-0.1, -0.05) is 54.6 Å². The zero-order valence-corrected chi connectivity index (χ0v) is 17.7. The quantitative estimate of drug-likeness (QED) is 0.384. The van der Waals surface area contributed by atoms with Crippen molar-refractivity contribution >= 4 is 0 Å². The zero-order chi connectivity index (χ0) is 22.1. The van der Waals surface area contributed by atoms with Gasteiger partial charge in [-0.2, -0.15) is 13.2 Å². The number of benzene rings is 3. The second-order valence-electron chi connectivity index (χ2n) is 8.32. The molecule has 1 aliphatic rings. The van der Waals surface area contributed by atoms with Crippen molar-refractivity contribution in [2.24, 2.45) is 0 Å². The lowest BCUT2D eigenvalue weighted by Gasteiger charge is -2.30. The molecule has 1 aliphatic carbocycles. The molecule has 0 N–H and O–H groups in total. The van der Waals surface area contributed by atoms with Gasteiger partial charge in [-0.15, -0.1) is 0 Å². The van der Waals surface area contributed by atoms with Gasteiger partial charge in [0.25, 0.3) is 0 Å². The molecule has 0 bridgehead atoms. The van der Waals surface area contributed by atoms with Gasteiger partial charge in [0.2, 0.25) is 0 Å². The molecule has 0 aliphatic heterocycles. The maximum absolute atomic E-state index is 12.9. The summed E-state index contributed by atoms with van der Waals surface area (Å²) in [7, 11) is 0. The van der Waals surface area contributed by atoms with Crippen molar-refractivity contribution in [3.63, 3.8) is 0 Å². The summed E-state index contributed by atoms with van der Waals surface area (Å²) in [5, 5.41) is 0. The van der Waals surface area contributed by atoms with Crippen LogP contribution in [0.15, 0.2) is 78.9 Å². The van der Waals surface area contributed by atoms with Crippen LogP contribution in [-0.2, 0) is 11.6 Å². The molecule has 4 rings (SSSR count). The number of hydrogen-bond donors (Lipinski definition) is 0. The summed E-state index contributed by atoms with van der Waals surface area (Å²) in [5.41, 5.74) is 4.25. The molecule has 0 atom stereocenters. The average molecular weight is 422 g/mol. The largest absolute Gasteiger partial charge is 0.493 e. The molecule has 0 saturated carbocycles. The van der Waals surface area contributed by atoms with E-state index in [0.717, 1.165) is 53.0 Å². The molecule has 31 heavy (non-hydrogen) atoms.